The molecule has 0 saturated carbocycles. The summed E-state index contributed by atoms with van der Waals surface area (Å²) in [5, 5.41) is 5.45. The van der Waals surface area contributed by atoms with Gasteiger partial charge in [0.05, 0.1) is 25.1 Å². The Balaban J connectivity index is 1.34. The number of nitrogens with two attached hydrogens (primary N) is 1. The van der Waals surface area contributed by atoms with Crippen LogP contribution in [0.1, 0.15) is 16.8 Å². The minimum absolute atomic E-state index is 0.213. The second-order valence-electron chi connectivity index (χ2n) is 7.43. The van der Waals surface area contributed by atoms with Gasteiger partial charge in [0.2, 0.25) is 5.88 Å². The molecule has 4 aromatic rings. The summed E-state index contributed by atoms with van der Waals surface area (Å²) >= 11 is 1.48. The molecule has 0 fully saturated rings. The minimum Gasteiger partial charge on any atom is -0.493 e. The lowest BCUT2D eigenvalue weighted by molar-refractivity contribution is 0.0956. The zero-order chi connectivity index (χ0) is 23.9. The molecule has 2 aromatic heterocycles. The standard InChI is InChI=1S/C25H23FN4O3S/c1-16(27)13-28-23(31)18-4-2-5-20(12-18)32-10-3-11-33-24-22-21(14-34-25(22)30-15-29-24)17-6-8-19(26)9-7-17/h2,4-9,12,14-15H,1,3,10-11,13,27H2,(H,28,31). The Labute approximate surface area is 200 Å². The number of nitrogens with one attached hydrogen (secondary N) is 1. The Morgan fingerprint density at radius 2 is 1.91 bits per heavy atom. The summed E-state index contributed by atoms with van der Waals surface area (Å²) in [5.41, 5.74) is 8.12. The molecular formula is C25H23FN4O3S. The van der Waals surface area contributed by atoms with E-state index in [1.807, 2.05) is 5.38 Å². The van der Waals surface area contributed by atoms with Crippen LogP contribution in [0.2, 0.25) is 0 Å². The van der Waals surface area contributed by atoms with Gasteiger partial charge in [-0.25, -0.2) is 14.4 Å². The highest BCUT2D eigenvalue weighted by Gasteiger charge is 2.14. The molecular weight excluding hydrogens is 455 g/mol. The SMILES string of the molecule is C=C(N)CNC(=O)c1cccc(OCCCOc2ncnc3scc(-c4ccc(F)cc4)c23)c1. The van der Waals surface area contributed by atoms with E-state index < -0.39 is 0 Å². The van der Waals surface area contributed by atoms with E-state index in [-0.39, 0.29) is 18.3 Å². The third-order valence-corrected chi connectivity index (χ3v) is 5.75. The minimum atomic E-state index is -0.288. The molecule has 174 valence electrons. The molecule has 0 saturated heterocycles. The zero-order valence-electron chi connectivity index (χ0n) is 18.3. The molecule has 0 radical (unpaired) electrons. The average Bonchev–Trinajstić information content (AvgIpc) is 3.28. The van der Waals surface area contributed by atoms with Gasteiger partial charge in [-0.1, -0.05) is 24.8 Å². The number of carbonyl (C=O) groups is 1. The molecule has 2 heterocycles. The van der Waals surface area contributed by atoms with Gasteiger partial charge in [0, 0.05) is 28.6 Å². The van der Waals surface area contributed by atoms with Gasteiger partial charge in [-0.15, -0.1) is 11.3 Å². The first-order valence-corrected chi connectivity index (χ1v) is 11.4. The highest BCUT2D eigenvalue weighted by molar-refractivity contribution is 7.17. The molecule has 7 nitrogen and oxygen atoms in total. The number of hydrogen-bond donors (Lipinski definition) is 2. The van der Waals surface area contributed by atoms with Crippen molar-refractivity contribution in [3.63, 3.8) is 0 Å². The van der Waals surface area contributed by atoms with E-state index in [1.54, 1.807) is 36.4 Å². The molecule has 3 N–H and O–H groups in total. The highest BCUT2D eigenvalue weighted by atomic mass is 32.1. The second-order valence-corrected chi connectivity index (χ2v) is 8.29. The Morgan fingerprint density at radius 3 is 2.71 bits per heavy atom. The van der Waals surface area contributed by atoms with E-state index >= 15 is 0 Å². The number of halogens is 1. The van der Waals surface area contributed by atoms with Gasteiger partial charge in [-0.05, 0) is 35.9 Å². The number of rotatable bonds is 10. The summed E-state index contributed by atoms with van der Waals surface area (Å²) in [4.78, 5) is 21.6. The van der Waals surface area contributed by atoms with Crippen LogP contribution in [0.3, 0.4) is 0 Å². The van der Waals surface area contributed by atoms with Crippen LogP contribution in [0.4, 0.5) is 4.39 Å². The lowest BCUT2D eigenvalue weighted by Gasteiger charge is -2.10. The van der Waals surface area contributed by atoms with Gasteiger partial charge in [0.1, 0.15) is 22.7 Å². The van der Waals surface area contributed by atoms with E-state index in [0.29, 0.717) is 42.5 Å². The molecule has 0 aliphatic rings. The van der Waals surface area contributed by atoms with Crippen molar-refractivity contribution in [2.75, 3.05) is 19.8 Å². The number of nitrogens with zero attached hydrogens (tertiary/aromatic N) is 2. The molecule has 0 unspecified atom stereocenters. The molecule has 1 amide bonds. The van der Waals surface area contributed by atoms with Crippen molar-refractivity contribution in [1.82, 2.24) is 15.3 Å². The molecule has 9 heteroatoms. The summed E-state index contributed by atoms with van der Waals surface area (Å²) in [7, 11) is 0. The van der Waals surface area contributed by atoms with Crippen LogP contribution in [0, 0.1) is 5.82 Å². The van der Waals surface area contributed by atoms with Gasteiger partial charge in [0.25, 0.3) is 5.91 Å². The molecule has 0 atom stereocenters. The van der Waals surface area contributed by atoms with Crippen LogP contribution in [-0.4, -0.2) is 35.6 Å². The monoisotopic (exact) mass is 478 g/mol. The molecule has 0 bridgehead atoms. The number of hydrogen-bond acceptors (Lipinski definition) is 7. The molecule has 0 spiro atoms. The summed E-state index contributed by atoms with van der Waals surface area (Å²) in [5.74, 6) is 0.523. The van der Waals surface area contributed by atoms with Crippen LogP contribution in [0.15, 0.2) is 72.5 Å². The topological polar surface area (TPSA) is 99.4 Å². The number of aromatic nitrogens is 2. The van der Waals surface area contributed by atoms with Crippen LogP contribution in [0.25, 0.3) is 21.3 Å². The molecule has 4 rings (SSSR count). The fourth-order valence-corrected chi connectivity index (χ4v) is 4.15. The van der Waals surface area contributed by atoms with Crippen molar-refractivity contribution in [3.8, 4) is 22.8 Å². The predicted molar refractivity (Wildman–Crippen MR) is 131 cm³/mol. The van der Waals surface area contributed by atoms with E-state index in [4.69, 9.17) is 15.2 Å². The van der Waals surface area contributed by atoms with Crippen molar-refractivity contribution in [3.05, 3.63) is 83.9 Å². The van der Waals surface area contributed by atoms with Crippen molar-refractivity contribution in [2.45, 2.75) is 6.42 Å². The van der Waals surface area contributed by atoms with E-state index in [0.717, 1.165) is 21.3 Å². The Kier molecular flexibility index (Phi) is 7.34. The summed E-state index contributed by atoms with van der Waals surface area (Å²) in [6, 6.07) is 13.2. The summed E-state index contributed by atoms with van der Waals surface area (Å²) in [6.45, 7) is 4.55. The van der Waals surface area contributed by atoms with Gasteiger partial charge in [-0.3, -0.25) is 4.79 Å². The average molecular weight is 479 g/mol. The van der Waals surface area contributed by atoms with Crippen LogP contribution in [-0.2, 0) is 0 Å². The van der Waals surface area contributed by atoms with E-state index in [9.17, 15) is 9.18 Å². The maximum Gasteiger partial charge on any atom is 0.251 e. The van der Waals surface area contributed by atoms with E-state index in [1.165, 1.54) is 29.8 Å². The van der Waals surface area contributed by atoms with Crippen molar-refractivity contribution in [2.24, 2.45) is 5.73 Å². The largest absolute Gasteiger partial charge is 0.493 e. The number of thiophene rings is 1. The smallest absolute Gasteiger partial charge is 0.251 e. The Hall–Kier alpha value is -3.98. The number of fused-ring (bicyclic) bond motifs is 1. The van der Waals surface area contributed by atoms with Crippen molar-refractivity contribution < 1.29 is 18.7 Å². The quantitative estimate of drug-likeness (QED) is 0.325. The van der Waals surface area contributed by atoms with Crippen LogP contribution in [0.5, 0.6) is 11.6 Å². The molecule has 34 heavy (non-hydrogen) atoms. The number of benzene rings is 2. The molecule has 0 aliphatic heterocycles. The Morgan fingerprint density at radius 1 is 1.12 bits per heavy atom. The molecule has 2 aromatic carbocycles. The van der Waals surface area contributed by atoms with Crippen LogP contribution >= 0.6 is 11.3 Å². The fourth-order valence-electron chi connectivity index (χ4n) is 3.24. The normalized spacial score (nSPS) is 10.7. The second kappa shape index (κ2) is 10.8. The first-order chi connectivity index (χ1) is 16.5. The maximum absolute atomic E-state index is 13.3. The summed E-state index contributed by atoms with van der Waals surface area (Å²) in [6.07, 6.45) is 2.07. The third kappa shape index (κ3) is 5.68. The lowest BCUT2D eigenvalue weighted by Crippen LogP contribution is -2.27. The number of carbonyl (C=O) groups excluding carboxylic acids is 1. The third-order valence-electron chi connectivity index (χ3n) is 4.86. The predicted octanol–water partition coefficient (Wildman–Crippen LogP) is 4.55. The Bertz CT molecular complexity index is 1310. The fraction of sp³-hybridized carbons (Fsp3) is 0.160. The summed E-state index contributed by atoms with van der Waals surface area (Å²) < 4.78 is 25.0. The van der Waals surface area contributed by atoms with Crippen molar-refractivity contribution in [1.29, 1.82) is 0 Å². The first kappa shape index (κ1) is 23.2. The highest BCUT2D eigenvalue weighted by Crippen LogP contribution is 2.37. The van der Waals surface area contributed by atoms with Gasteiger partial charge in [-0.2, -0.15) is 0 Å². The first-order valence-electron chi connectivity index (χ1n) is 10.6. The number of amides is 1. The van der Waals surface area contributed by atoms with E-state index in [2.05, 4.69) is 21.9 Å². The number of ether oxygens (including phenoxy) is 2. The maximum atomic E-state index is 13.3. The van der Waals surface area contributed by atoms with Crippen LogP contribution < -0.4 is 20.5 Å². The van der Waals surface area contributed by atoms with Gasteiger partial charge in [0.15, 0.2) is 0 Å². The molecule has 0 aliphatic carbocycles. The zero-order valence-corrected chi connectivity index (χ0v) is 19.1. The van der Waals surface area contributed by atoms with Gasteiger partial charge < -0.3 is 20.5 Å². The lowest BCUT2D eigenvalue weighted by atomic mass is 10.1. The van der Waals surface area contributed by atoms with Crippen molar-refractivity contribution >= 4 is 27.5 Å². The van der Waals surface area contributed by atoms with Gasteiger partial charge >= 0.3 is 0 Å².